The zero-order chi connectivity index (χ0) is 13.0. The molecular formula is C13H29NS2. The van der Waals surface area contributed by atoms with E-state index in [-0.39, 0.29) is 0 Å². The Kier molecular flexibility index (Phi) is 6.82. The van der Waals surface area contributed by atoms with Gasteiger partial charge in [-0.25, -0.2) is 0 Å². The number of hydrogen-bond donors (Lipinski definition) is 0. The van der Waals surface area contributed by atoms with Crippen LogP contribution in [0, 0.1) is 0 Å². The molecule has 0 saturated heterocycles. The summed E-state index contributed by atoms with van der Waals surface area (Å²) >= 11 is 4.15. The second-order valence-corrected chi connectivity index (χ2v) is 10.1. The van der Waals surface area contributed by atoms with Gasteiger partial charge in [0.05, 0.1) is 0 Å². The molecule has 0 aromatic carbocycles. The molecule has 1 nitrogen and oxygen atoms in total. The molecule has 0 aliphatic carbocycles. The standard InChI is InChI=1S/C13H29NS2/c1-9-14(10-2)11(15-12(3,4)5)16-13(6,7)8/h11H,9-10H2,1-8H3. The van der Waals surface area contributed by atoms with Crippen molar-refractivity contribution < 1.29 is 0 Å². The van der Waals surface area contributed by atoms with E-state index in [0.29, 0.717) is 14.2 Å². The van der Waals surface area contributed by atoms with E-state index in [1.807, 2.05) is 0 Å². The van der Waals surface area contributed by atoms with Crippen LogP contribution in [0.5, 0.6) is 0 Å². The molecule has 0 unspecified atom stereocenters. The van der Waals surface area contributed by atoms with Gasteiger partial charge in [-0.15, -0.1) is 23.5 Å². The average molecular weight is 264 g/mol. The zero-order valence-electron chi connectivity index (χ0n) is 12.3. The van der Waals surface area contributed by atoms with Crippen molar-refractivity contribution in [3.05, 3.63) is 0 Å². The van der Waals surface area contributed by atoms with Gasteiger partial charge in [-0.1, -0.05) is 55.4 Å². The van der Waals surface area contributed by atoms with E-state index < -0.39 is 0 Å². The molecule has 0 amide bonds. The summed E-state index contributed by atoms with van der Waals surface area (Å²) in [5.41, 5.74) is 0. The minimum Gasteiger partial charge on any atom is -0.284 e. The van der Waals surface area contributed by atoms with Gasteiger partial charge >= 0.3 is 0 Å². The lowest BCUT2D eigenvalue weighted by Gasteiger charge is -2.37. The quantitative estimate of drug-likeness (QED) is 0.663. The third kappa shape index (κ3) is 7.86. The summed E-state index contributed by atoms with van der Waals surface area (Å²) < 4.78 is 1.21. The smallest absolute Gasteiger partial charge is 0.104 e. The van der Waals surface area contributed by atoms with Gasteiger partial charge in [-0.3, -0.25) is 4.90 Å². The first-order valence-corrected chi connectivity index (χ1v) is 7.94. The van der Waals surface area contributed by atoms with Crippen LogP contribution in [0.2, 0.25) is 0 Å². The summed E-state index contributed by atoms with van der Waals surface area (Å²) in [6.07, 6.45) is 0. The first-order chi connectivity index (χ1) is 7.09. The Morgan fingerprint density at radius 2 is 1.12 bits per heavy atom. The highest BCUT2D eigenvalue weighted by Gasteiger charge is 2.28. The summed E-state index contributed by atoms with van der Waals surface area (Å²) in [6, 6.07) is 0. The van der Waals surface area contributed by atoms with Gasteiger partial charge in [0.15, 0.2) is 0 Å². The van der Waals surface area contributed by atoms with Crippen molar-refractivity contribution >= 4 is 23.5 Å². The molecule has 3 heteroatoms. The van der Waals surface area contributed by atoms with Crippen LogP contribution in [0.3, 0.4) is 0 Å². The lowest BCUT2D eigenvalue weighted by Crippen LogP contribution is -2.35. The van der Waals surface area contributed by atoms with Gasteiger partial charge in [-0.2, -0.15) is 0 Å². The van der Waals surface area contributed by atoms with Gasteiger partial charge < -0.3 is 0 Å². The fourth-order valence-electron chi connectivity index (χ4n) is 1.30. The highest BCUT2D eigenvalue weighted by Crippen LogP contribution is 2.41. The Hall–Kier alpha value is 0.660. The van der Waals surface area contributed by atoms with E-state index in [0.717, 1.165) is 13.1 Å². The monoisotopic (exact) mass is 263 g/mol. The molecule has 0 saturated carbocycles. The molecule has 0 aromatic rings. The molecule has 16 heavy (non-hydrogen) atoms. The molecule has 0 atom stereocenters. The van der Waals surface area contributed by atoms with Gasteiger partial charge in [-0.05, 0) is 13.1 Å². The minimum atomic E-state index is 0.325. The predicted octanol–water partition coefficient (Wildman–Crippen LogP) is 4.68. The van der Waals surface area contributed by atoms with Crippen molar-refractivity contribution in [1.29, 1.82) is 0 Å². The fourth-order valence-corrected chi connectivity index (χ4v) is 5.33. The molecule has 0 N–H and O–H groups in total. The third-order valence-corrected chi connectivity index (χ3v) is 5.01. The second-order valence-electron chi connectivity index (χ2n) is 5.99. The van der Waals surface area contributed by atoms with E-state index in [9.17, 15) is 0 Å². The summed E-state index contributed by atoms with van der Waals surface area (Å²) in [5.74, 6) is 0. The Labute approximate surface area is 111 Å². The van der Waals surface area contributed by atoms with E-state index in [1.165, 1.54) is 0 Å². The maximum atomic E-state index is 2.55. The Morgan fingerprint density at radius 1 is 0.812 bits per heavy atom. The summed E-state index contributed by atoms with van der Waals surface area (Å²) in [5, 5.41) is 0. The first kappa shape index (κ1) is 16.7. The second kappa shape index (κ2) is 6.55. The van der Waals surface area contributed by atoms with E-state index in [4.69, 9.17) is 0 Å². The maximum Gasteiger partial charge on any atom is 0.104 e. The number of nitrogens with zero attached hydrogens (tertiary/aromatic N) is 1. The summed E-state index contributed by atoms with van der Waals surface area (Å²) in [7, 11) is 0. The normalized spacial score (nSPS) is 13.9. The lowest BCUT2D eigenvalue weighted by atomic mass is 10.3. The van der Waals surface area contributed by atoms with E-state index in [2.05, 4.69) is 83.8 Å². The number of thioether (sulfide) groups is 2. The van der Waals surface area contributed by atoms with Crippen molar-refractivity contribution in [2.24, 2.45) is 0 Å². The minimum absolute atomic E-state index is 0.325. The zero-order valence-corrected chi connectivity index (χ0v) is 13.9. The molecule has 0 spiro atoms. The average Bonchev–Trinajstić information content (AvgIpc) is 1.99. The lowest BCUT2D eigenvalue weighted by molar-refractivity contribution is 0.336. The van der Waals surface area contributed by atoms with Crippen molar-refractivity contribution in [2.75, 3.05) is 13.1 Å². The summed E-state index contributed by atoms with van der Waals surface area (Å²) in [6.45, 7) is 20.6. The topological polar surface area (TPSA) is 3.24 Å². The SMILES string of the molecule is CCN(CC)C(SC(C)(C)C)SC(C)(C)C. The molecule has 0 radical (unpaired) electrons. The van der Waals surface area contributed by atoms with Gasteiger partial charge in [0.2, 0.25) is 0 Å². The van der Waals surface area contributed by atoms with Crippen LogP contribution < -0.4 is 0 Å². The Morgan fingerprint density at radius 3 is 1.31 bits per heavy atom. The van der Waals surface area contributed by atoms with Gasteiger partial charge in [0.25, 0.3) is 0 Å². The van der Waals surface area contributed by atoms with Gasteiger partial charge in [0, 0.05) is 9.49 Å². The molecule has 0 aliphatic rings. The van der Waals surface area contributed by atoms with Crippen LogP contribution in [0.4, 0.5) is 0 Å². The molecule has 0 rings (SSSR count). The van der Waals surface area contributed by atoms with Crippen molar-refractivity contribution in [2.45, 2.75) is 69.6 Å². The van der Waals surface area contributed by atoms with Crippen molar-refractivity contribution in [3.8, 4) is 0 Å². The number of hydrogen-bond acceptors (Lipinski definition) is 3. The van der Waals surface area contributed by atoms with Crippen LogP contribution in [0.15, 0.2) is 0 Å². The number of rotatable bonds is 5. The molecule has 98 valence electrons. The molecule has 0 heterocycles. The maximum absolute atomic E-state index is 2.55. The highest BCUT2D eigenvalue weighted by molar-refractivity contribution is 8.18. The third-order valence-electron chi connectivity index (χ3n) is 2.02. The van der Waals surface area contributed by atoms with Crippen LogP contribution in [0.1, 0.15) is 55.4 Å². The van der Waals surface area contributed by atoms with Crippen LogP contribution in [-0.4, -0.2) is 32.2 Å². The van der Waals surface area contributed by atoms with E-state index in [1.54, 1.807) is 0 Å². The largest absolute Gasteiger partial charge is 0.284 e. The predicted molar refractivity (Wildman–Crippen MR) is 81.4 cm³/mol. The molecule has 0 aromatic heterocycles. The molecule has 0 aliphatic heterocycles. The highest BCUT2D eigenvalue weighted by atomic mass is 32.2. The van der Waals surface area contributed by atoms with Crippen LogP contribution in [0.25, 0.3) is 0 Å². The first-order valence-electron chi connectivity index (χ1n) is 6.18. The fraction of sp³-hybridized carbons (Fsp3) is 1.00. The van der Waals surface area contributed by atoms with Crippen LogP contribution >= 0.6 is 23.5 Å². The molecular weight excluding hydrogens is 234 g/mol. The Bertz CT molecular complexity index is 171. The summed E-state index contributed by atoms with van der Waals surface area (Å²) in [4.78, 5) is 2.55. The van der Waals surface area contributed by atoms with Crippen LogP contribution in [-0.2, 0) is 0 Å². The van der Waals surface area contributed by atoms with E-state index >= 15 is 0 Å². The van der Waals surface area contributed by atoms with Crippen molar-refractivity contribution in [1.82, 2.24) is 4.90 Å². The molecule has 0 bridgehead atoms. The van der Waals surface area contributed by atoms with Crippen molar-refractivity contribution in [3.63, 3.8) is 0 Å². The molecule has 0 fully saturated rings. The Balaban J connectivity index is 4.62. The van der Waals surface area contributed by atoms with Gasteiger partial charge in [0.1, 0.15) is 4.71 Å².